The van der Waals surface area contributed by atoms with Gasteiger partial charge in [0.05, 0.1) is 23.4 Å². The predicted octanol–water partition coefficient (Wildman–Crippen LogP) is 1.86. The van der Waals surface area contributed by atoms with Crippen LogP contribution in [-0.4, -0.2) is 68.2 Å². The molecule has 2 N–H and O–H groups in total. The highest BCUT2D eigenvalue weighted by Crippen LogP contribution is 2.42. The summed E-state index contributed by atoms with van der Waals surface area (Å²) in [6.45, 7) is 1.67. The first-order valence-corrected chi connectivity index (χ1v) is 13.7. The van der Waals surface area contributed by atoms with E-state index in [2.05, 4.69) is 21.7 Å². The maximum absolute atomic E-state index is 13.3. The number of anilines is 1. The van der Waals surface area contributed by atoms with Crippen LogP contribution in [0.4, 0.5) is 5.69 Å². The largest absolute Gasteiger partial charge is 0.380 e. The zero-order valence-electron chi connectivity index (χ0n) is 22.0. The van der Waals surface area contributed by atoms with Crippen LogP contribution < -0.4 is 10.6 Å². The lowest BCUT2D eigenvalue weighted by atomic mass is 9.68. The number of piperidine rings is 2. The monoisotopic (exact) mass is 542 g/mol. The van der Waals surface area contributed by atoms with E-state index in [0.717, 1.165) is 42.6 Å². The van der Waals surface area contributed by atoms with Gasteiger partial charge in [-0.1, -0.05) is 12.0 Å². The molecule has 1 aromatic heterocycles. The number of imide groups is 2. The third-order valence-corrected chi connectivity index (χ3v) is 8.62. The van der Waals surface area contributed by atoms with E-state index in [4.69, 9.17) is 6.42 Å². The maximum atomic E-state index is 13.3. The molecule has 206 valence electrons. The summed E-state index contributed by atoms with van der Waals surface area (Å²) in [4.78, 5) is 66.0. The first-order chi connectivity index (χ1) is 19.3. The predicted molar refractivity (Wildman–Crippen MR) is 143 cm³/mol. The van der Waals surface area contributed by atoms with Gasteiger partial charge in [-0.15, -0.1) is 6.42 Å². The molecular weight excluding hydrogens is 512 g/mol. The van der Waals surface area contributed by atoms with Crippen molar-refractivity contribution in [3.63, 3.8) is 0 Å². The van der Waals surface area contributed by atoms with Crippen LogP contribution in [0.15, 0.2) is 30.6 Å². The highest BCUT2D eigenvalue weighted by Gasteiger charge is 2.46. The van der Waals surface area contributed by atoms with Crippen molar-refractivity contribution in [1.29, 1.82) is 0 Å². The van der Waals surface area contributed by atoms with Gasteiger partial charge in [0.2, 0.25) is 17.7 Å². The first kappa shape index (κ1) is 25.8. The van der Waals surface area contributed by atoms with E-state index in [1.54, 1.807) is 24.4 Å². The van der Waals surface area contributed by atoms with Gasteiger partial charge >= 0.3 is 0 Å². The molecule has 5 amide bonds. The molecule has 0 spiro atoms. The summed E-state index contributed by atoms with van der Waals surface area (Å²) in [5, 5.41) is 10.0. The van der Waals surface area contributed by atoms with Crippen molar-refractivity contribution >= 4 is 35.2 Å². The SMILES string of the molecule is C#CC1(C(=O)N2CCC(n3cc(CNc4cccc5c4C(=O)N(C4CCC(=O)NC4=O)C5=O)cn3)CC2)CCC1. The Morgan fingerprint density at radius 1 is 1.12 bits per heavy atom. The van der Waals surface area contributed by atoms with Crippen molar-refractivity contribution in [3.05, 3.63) is 47.3 Å². The van der Waals surface area contributed by atoms with Crippen LogP contribution in [0.25, 0.3) is 0 Å². The van der Waals surface area contributed by atoms with Crippen LogP contribution >= 0.6 is 0 Å². The molecule has 1 aromatic carbocycles. The van der Waals surface area contributed by atoms with Crippen LogP contribution in [-0.2, 0) is 20.9 Å². The highest BCUT2D eigenvalue weighted by atomic mass is 16.2. The number of hydrogen-bond acceptors (Lipinski definition) is 7. The first-order valence-electron chi connectivity index (χ1n) is 13.7. The fourth-order valence-corrected chi connectivity index (χ4v) is 6.11. The van der Waals surface area contributed by atoms with Gasteiger partial charge in [-0.05, 0) is 50.7 Å². The molecule has 0 bridgehead atoms. The number of carbonyl (C=O) groups excluding carboxylic acids is 5. The molecule has 3 aliphatic heterocycles. The normalized spacial score (nSPS) is 22.4. The highest BCUT2D eigenvalue weighted by molar-refractivity contribution is 6.25. The molecule has 2 aromatic rings. The summed E-state index contributed by atoms with van der Waals surface area (Å²) >= 11 is 0. The molecule has 0 radical (unpaired) electrons. The second-order valence-corrected chi connectivity index (χ2v) is 11.0. The Hall–Kier alpha value is -4.46. The fraction of sp³-hybridized carbons (Fsp3) is 0.448. The van der Waals surface area contributed by atoms with Crippen molar-refractivity contribution in [2.24, 2.45) is 5.41 Å². The van der Waals surface area contributed by atoms with Crippen LogP contribution in [0, 0.1) is 17.8 Å². The average Bonchev–Trinajstić information content (AvgIpc) is 3.50. The number of amides is 5. The quantitative estimate of drug-likeness (QED) is 0.420. The summed E-state index contributed by atoms with van der Waals surface area (Å²) < 4.78 is 1.92. The van der Waals surface area contributed by atoms with Crippen molar-refractivity contribution in [1.82, 2.24) is 24.9 Å². The van der Waals surface area contributed by atoms with E-state index < -0.39 is 35.1 Å². The lowest BCUT2D eigenvalue weighted by Gasteiger charge is -2.42. The Morgan fingerprint density at radius 2 is 1.90 bits per heavy atom. The molecule has 1 saturated carbocycles. The molecule has 1 aliphatic carbocycles. The van der Waals surface area contributed by atoms with Crippen LogP contribution in [0.3, 0.4) is 0 Å². The topological polar surface area (TPSA) is 134 Å². The van der Waals surface area contributed by atoms with Gasteiger partial charge in [0.1, 0.15) is 11.5 Å². The average molecular weight is 543 g/mol. The molecule has 11 heteroatoms. The van der Waals surface area contributed by atoms with Gasteiger partial charge in [-0.2, -0.15) is 5.10 Å². The minimum Gasteiger partial charge on any atom is -0.380 e. The van der Waals surface area contributed by atoms with Crippen molar-refractivity contribution in [3.8, 4) is 12.3 Å². The number of terminal acetylenes is 1. The second-order valence-electron chi connectivity index (χ2n) is 11.0. The van der Waals surface area contributed by atoms with Gasteiger partial charge in [0.25, 0.3) is 11.8 Å². The second kappa shape index (κ2) is 9.93. The van der Waals surface area contributed by atoms with Gasteiger partial charge < -0.3 is 10.2 Å². The third-order valence-electron chi connectivity index (χ3n) is 8.62. The summed E-state index contributed by atoms with van der Waals surface area (Å²) in [7, 11) is 0. The van der Waals surface area contributed by atoms with Gasteiger partial charge in [-0.3, -0.25) is 38.9 Å². The number of hydrogen-bond donors (Lipinski definition) is 2. The van der Waals surface area contributed by atoms with Crippen LogP contribution in [0.1, 0.15) is 77.3 Å². The fourth-order valence-electron chi connectivity index (χ4n) is 6.11. The Morgan fingerprint density at radius 3 is 2.58 bits per heavy atom. The lowest BCUT2D eigenvalue weighted by Crippen LogP contribution is -2.54. The standard InChI is InChI=1S/C29H30N6O5/c1-2-29(11-4-12-29)28(40)33-13-9-19(10-14-33)34-17-18(16-31-34)15-30-21-6-3-5-20-24(21)27(39)35(26(20)38)22-7-8-23(36)32-25(22)37/h1,3,5-6,16-17,19,22,30H,4,7-15H2,(H,32,36,37). The molecule has 4 aliphatic rings. The van der Waals surface area contributed by atoms with Crippen molar-refractivity contribution < 1.29 is 24.0 Å². The van der Waals surface area contributed by atoms with Crippen LogP contribution in [0.2, 0.25) is 0 Å². The minimum atomic E-state index is -1.01. The van der Waals surface area contributed by atoms with Gasteiger partial charge in [0, 0.05) is 43.5 Å². The molecule has 11 nitrogen and oxygen atoms in total. The number of rotatable bonds is 6. The molecule has 1 unspecified atom stereocenters. The van der Waals surface area contributed by atoms with Crippen molar-refractivity contribution in [2.45, 2.75) is 63.6 Å². The summed E-state index contributed by atoms with van der Waals surface area (Å²) in [6, 6.07) is 4.14. The van der Waals surface area contributed by atoms with Crippen molar-refractivity contribution in [2.75, 3.05) is 18.4 Å². The molecule has 2 saturated heterocycles. The zero-order valence-corrected chi connectivity index (χ0v) is 22.0. The molecule has 4 heterocycles. The van der Waals surface area contributed by atoms with Gasteiger partial charge in [0.15, 0.2) is 0 Å². The number of likely N-dealkylation sites (tertiary alicyclic amines) is 1. The minimum absolute atomic E-state index is 0.0694. The summed E-state index contributed by atoms with van der Waals surface area (Å²) in [6.07, 6.45) is 13.7. The van der Waals surface area contributed by atoms with E-state index >= 15 is 0 Å². The number of aromatic nitrogens is 2. The van der Waals surface area contributed by atoms with E-state index in [1.165, 1.54) is 0 Å². The number of nitrogens with one attached hydrogen (secondary N) is 2. The molecule has 3 fully saturated rings. The molecule has 6 rings (SSSR count). The lowest BCUT2D eigenvalue weighted by molar-refractivity contribution is -0.144. The summed E-state index contributed by atoms with van der Waals surface area (Å²) in [5.74, 6) is 0.686. The van der Waals surface area contributed by atoms with Gasteiger partial charge in [-0.25, -0.2) is 0 Å². The Bertz CT molecular complexity index is 1460. The Kier molecular flexibility index (Phi) is 6.41. The van der Waals surface area contributed by atoms with E-state index in [0.29, 0.717) is 25.3 Å². The Labute approximate surface area is 231 Å². The van der Waals surface area contributed by atoms with E-state index in [-0.39, 0.29) is 35.9 Å². The maximum Gasteiger partial charge on any atom is 0.264 e. The van der Waals surface area contributed by atoms with E-state index in [9.17, 15) is 24.0 Å². The Balaban J connectivity index is 1.09. The smallest absolute Gasteiger partial charge is 0.264 e. The number of fused-ring (bicyclic) bond motifs is 1. The van der Waals surface area contributed by atoms with Crippen LogP contribution in [0.5, 0.6) is 0 Å². The molecular formula is C29H30N6O5. The van der Waals surface area contributed by atoms with E-state index in [1.807, 2.05) is 15.8 Å². The number of carbonyl (C=O) groups is 5. The number of nitrogens with zero attached hydrogens (tertiary/aromatic N) is 4. The zero-order chi connectivity index (χ0) is 28.0. The summed E-state index contributed by atoms with van der Waals surface area (Å²) in [5.41, 5.74) is 1.24. The number of benzene rings is 1. The molecule has 40 heavy (non-hydrogen) atoms. The molecule has 1 atom stereocenters. The third kappa shape index (κ3) is 4.24.